The topological polar surface area (TPSA) is 70.6 Å². The van der Waals surface area contributed by atoms with Crippen molar-refractivity contribution < 1.29 is 8.42 Å². The zero-order valence-electron chi connectivity index (χ0n) is 16.2. The summed E-state index contributed by atoms with van der Waals surface area (Å²) in [6, 6.07) is 17.3. The average molecular weight is 534 g/mol. The van der Waals surface area contributed by atoms with Crippen LogP contribution in [0.5, 0.6) is 0 Å². The van der Waals surface area contributed by atoms with Crippen molar-refractivity contribution in [3.05, 3.63) is 60.2 Å². The number of benzene rings is 2. The van der Waals surface area contributed by atoms with Gasteiger partial charge in [-0.2, -0.15) is 0 Å². The van der Waals surface area contributed by atoms with Gasteiger partial charge in [-0.3, -0.25) is 4.99 Å². The number of hydrogen-bond acceptors (Lipinski definition) is 4. The van der Waals surface area contributed by atoms with E-state index in [1.807, 2.05) is 49.0 Å². The molecule has 0 aliphatic heterocycles. The Morgan fingerprint density at radius 1 is 1.04 bits per heavy atom. The molecule has 0 spiro atoms. The first kappa shape index (κ1) is 24.8. The van der Waals surface area contributed by atoms with E-state index >= 15 is 0 Å². The minimum absolute atomic E-state index is 0. The molecule has 0 amide bonds. The van der Waals surface area contributed by atoms with Crippen LogP contribution < -0.4 is 10.6 Å². The SMILES string of the molecule is CCNC(=NCCc1ccc(S(C)(=O)=O)cc1)NCCSc1ccccc1.I. The van der Waals surface area contributed by atoms with Crippen LogP contribution in [0.15, 0.2) is 69.4 Å². The van der Waals surface area contributed by atoms with E-state index in [1.54, 1.807) is 12.1 Å². The molecule has 2 rings (SSSR count). The van der Waals surface area contributed by atoms with E-state index in [0.29, 0.717) is 11.4 Å². The fourth-order valence-corrected chi connectivity index (χ4v) is 3.82. The Labute approximate surface area is 189 Å². The van der Waals surface area contributed by atoms with Crippen LogP contribution in [0.1, 0.15) is 12.5 Å². The molecule has 2 aromatic carbocycles. The average Bonchev–Trinajstić information content (AvgIpc) is 2.66. The molecule has 0 unspecified atom stereocenters. The molecule has 5 nitrogen and oxygen atoms in total. The Kier molecular flexibility index (Phi) is 11.6. The van der Waals surface area contributed by atoms with E-state index in [9.17, 15) is 8.42 Å². The van der Waals surface area contributed by atoms with Gasteiger partial charge >= 0.3 is 0 Å². The van der Waals surface area contributed by atoms with E-state index in [2.05, 4.69) is 27.8 Å². The van der Waals surface area contributed by atoms with E-state index in [0.717, 1.165) is 36.8 Å². The molecular weight excluding hydrogens is 505 g/mol. The fraction of sp³-hybridized carbons (Fsp3) is 0.350. The molecule has 0 aliphatic rings. The predicted molar refractivity (Wildman–Crippen MR) is 130 cm³/mol. The van der Waals surface area contributed by atoms with E-state index < -0.39 is 9.84 Å². The second-order valence-electron chi connectivity index (χ2n) is 6.02. The summed E-state index contributed by atoms with van der Waals surface area (Å²) in [6.45, 7) is 4.31. The van der Waals surface area contributed by atoms with E-state index in [1.165, 1.54) is 11.2 Å². The number of thioether (sulfide) groups is 1. The molecule has 0 saturated carbocycles. The molecule has 2 aromatic rings. The van der Waals surface area contributed by atoms with Crippen LogP contribution in [-0.4, -0.2) is 46.0 Å². The van der Waals surface area contributed by atoms with Crippen molar-refractivity contribution in [1.82, 2.24) is 10.6 Å². The second-order valence-corrected chi connectivity index (χ2v) is 9.20. The largest absolute Gasteiger partial charge is 0.357 e. The van der Waals surface area contributed by atoms with Gasteiger partial charge in [0.1, 0.15) is 0 Å². The van der Waals surface area contributed by atoms with Crippen LogP contribution >= 0.6 is 35.7 Å². The van der Waals surface area contributed by atoms with Crippen molar-refractivity contribution in [2.24, 2.45) is 4.99 Å². The summed E-state index contributed by atoms with van der Waals surface area (Å²) in [5.74, 6) is 1.76. The number of nitrogens with one attached hydrogen (secondary N) is 2. The molecule has 0 bridgehead atoms. The van der Waals surface area contributed by atoms with Gasteiger partial charge in [-0.1, -0.05) is 30.3 Å². The van der Waals surface area contributed by atoms with Crippen molar-refractivity contribution in [1.29, 1.82) is 0 Å². The minimum Gasteiger partial charge on any atom is -0.357 e. The lowest BCUT2D eigenvalue weighted by Gasteiger charge is -2.11. The third-order valence-electron chi connectivity index (χ3n) is 3.77. The summed E-state index contributed by atoms with van der Waals surface area (Å²) >= 11 is 1.81. The molecule has 0 heterocycles. The first-order valence-electron chi connectivity index (χ1n) is 8.98. The summed E-state index contributed by atoms with van der Waals surface area (Å²) in [5, 5.41) is 6.59. The zero-order chi connectivity index (χ0) is 19.5. The number of halogens is 1. The Morgan fingerprint density at radius 3 is 2.32 bits per heavy atom. The lowest BCUT2D eigenvalue weighted by atomic mass is 10.1. The van der Waals surface area contributed by atoms with Gasteiger partial charge in [0, 0.05) is 36.5 Å². The summed E-state index contributed by atoms with van der Waals surface area (Å²) in [7, 11) is -3.14. The number of hydrogen-bond donors (Lipinski definition) is 2. The number of nitrogens with zero attached hydrogens (tertiary/aromatic N) is 1. The van der Waals surface area contributed by atoms with Crippen molar-refractivity contribution in [3.8, 4) is 0 Å². The van der Waals surface area contributed by atoms with E-state index in [4.69, 9.17) is 0 Å². The monoisotopic (exact) mass is 533 g/mol. The molecule has 0 aliphatic carbocycles. The normalized spacial score (nSPS) is 11.6. The summed E-state index contributed by atoms with van der Waals surface area (Å²) < 4.78 is 23.0. The molecule has 0 radical (unpaired) electrons. The van der Waals surface area contributed by atoms with Gasteiger partial charge in [-0.15, -0.1) is 35.7 Å². The Morgan fingerprint density at radius 2 is 1.71 bits per heavy atom. The third-order valence-corrected chi connectivity index (χ3v) is 5.91. The standard InChI is InChI=1S/C20H27N3O2S2.HI/c1-3-21-20(23-15-16-26-18-7-5-4-6-8-18)22-14-13-17-9-11-19(12-10-17)27(2,24)25;/h4-12H,3,13-16H2,1-2H3,(H2,21,22,23);1H. The molecule has 28 heavy (non-hydrogen) atoms. The molecular formula is C20H28IN3O2S2. The second kappa shape index (κ2) is 13.1. The maximum absolute atomic E-state index is 11.5. The summed E-state index contributed by atoms with van der Waals surface area (Å²) in [5.41, 5.74) is 1.07. The van der Waals surface area contributed by atoms with Crippen LogP contribution in [0.3, 0.4) is 0 Å². The highest BCUT2D eigenvalue weighted by Crippen LogP contribution is 2.15. The molecule has 0 aromatic heterocycles. The maximum atomic E-state index is 11.5. The van der Waals surface area contributed by atoms with Gasteiger partial charge in [0.15, 0.2) is 15.8 Å². The smallest absolute Gasteiger partial charge is 0.191 e. The summed E-state index contributed by atoms with van der Waals surface area (Å²) in [4.78, 5) is 6.20. The quantitative estimate of drug-likeness (QED) is 0.170. The van der Waals surface area contributed by atoms with Crippen LogP contribution in [0.25, 0.3) is 0 Å². The van der Waals surface area contributed by atoms with Crippen LogP contribution in [-0.2, 0) is 16.3 Å². The highest BCUT2D eigenvalue weighted by atomic mass is 127. The minimum atomic E-state index is -3.14. The number of rotatable bonds is 9. The summed E-state index contributed by atoms with van der Waals surface area (Å²) in [6.07, 6.45) is 1.98. The predicted octanol–water partition coefficient (Wildman–Crippen LogP) is 3.60. The molecule has 8 heteroatoms. The van der Waals surface area contributed by atoms with Gasteiger partial charge in [-0.25, -0.2) is 8.42 Å². The molecule has 0 saturated heterocycles. The lowest BCUT2D eigenvalue weighted by Crippen LogP contribution is -2.38. The Balaban J connectivity index is 0.00000392. The Bertz CT molecular complexity index is 826. The van der Waals surface area contributed by atoms with Crippen molar-refractivity contribution in [2.75, 3.05) is 31.6 Å². The first-order valence-corrected chi connectivity index (χ1v) is 11.9. The lowest BCUT2D eigenvalue weighted by molar-refractivity contribution is 0.602. The van der Waals surface area contributed by atoms with Crippen LogP contribution in [0.2, 0.25) is 0 Å². The number of guanidine groups is 1. The van der Waals surface area contributed by atoms with Crippen LogP contribution in [0.4, 0.5) is 0 Å². The first-order chi connectivity index (χ1) is 13.0. The van der Waals surface area contributed by atoms with Crippen LogP contribution in [0, 0.1) is 0 Å². The van der Waals surface area contributed by atoms with Gasteiger partial charge < -0.3 is 10.6 Å². The fourth-order valence-electron chi connectivity index (χ4n) is 2.40. The van der Waals surface area contributed by atoms with Gasteiger partial charge in [0.25, 0.3) is 0 Å². The van der Waals surface area contributed by atoms with Gasteiger partial charge in [0.2, 0.25) is 0 Å². The maximum Gasteiger partial charge on any atom is 0.191 e. The Hall–Kier alpha value is -1.26. The highest BCUT2D eigenvalue weighted by Gasteiger charge is 2.06. The van der Waals surface area contributed by atoms with Crippen molar-refractivity contribution in [2.45, 2.75) is 23.1 Å². The molecule has 154 valence electrons. The molecule has 2 N–H and O–H groups in total. The highest BCUT2D eigenvalue weighted by molar-refractivity contribution is 14.0. The molecule has 0 atom stereocenters. The van der Waals surface area contributed by atoms with Gasteiger partial charge in [0.05, 0.1) is 4.90 Å². The zero-order valence-corrected chi connectivity index (χ0v) is 20.2. The van der Waals surface area contributed by atoms with Crippen molar-refractivity contribution >= 4 is 51.5 Å². The molecule has 0 fully saturated rings. The third kappa shape index (κ3) is 9.29. The van der Waals surface area contributed by atoms with E-state index in [-0.39, 0.29) is 24.0 Å². The number of aliphatic imine (C=N–C) groups is 1. The van der Waals surface area contributed by atoms with Crippen molar-refractivity contribution in [3.63, 3.8) is 0 Å². The number of sulfone groups is 1. The van der Waals surface area contributed by atoms with Gasteiger partial charge in [-0.05, 0) is 43.2 Å².